The van der Waals surface area contributed by atoms with E-state index < -0.39 is 0 Å². The number of aromatic nitrogens is 3. The Labute approximate surface area is 191 Å². The number of nitrogens with zero attached hydrogens (tertiary/aromatic N) is 4. The first-order valence-electron chi connectivity index (χ1n) is 10.7. The van der Waals surface area contributed by atoms with Crippen molar-refractivity contribution >= 4 is 17.0 Å². The summed E-state index contributed by atoms with van der Waals surface area (Å²) in [4.78, 5) is 24.9. The van der Waals surface area contributed by atoms with Crippen molar-refractivity contribution < 1.29 is 9.32 Å². The summed E-state index contributed by atoms with van der Waals surface area (Å²) in [6.45, 7) is 1.82. The Morgan fingerprint density at radius 1 is 0.939 bits per heavy atom. The Morgan fingerprint density at radius 3 is 2.33 bits per heavy atom. The second-order valence-electron chi connectivity index (χ2n) is 7.85. The number of aryl methyl sites for hydroxylation is 1. The lowest BCUT2D eigenvalue weighted by molar-refractivity contribution is 0.0754. The van der Waals surface area contributed by atoms with Crippen LogP contribution in [-0.4, -0.2) is 33.0 Å². The smallest absolute Gasteiger partial charge is 0.259 e. The van der Waals surface area contributed by atoms with Crippen LogP contribution in [0.25, 0.3) is 22.4 Å². The molecule has 6 heteroatoms. The van der Waals surface area contributed by atoms with E-state index in [0.29, 0.717) is 28.1 Å². The van der Waals surface area contributed by atoms with Gasteiger partial charge in [-0.05, 0) is 30.7 Å². The zero-order valence-electron chi connectivity index (χ0n) is 18.3. The Hall–Kier alpha value is -4.32. The number of carbonyl (C=O) groups excluding carboxylic acids is 1. The number of rotatable bonds is 5. The second kappa shape index (κ2) is 8.67. The first-order valence-corrected chi connectivity index (χ1v) is 10.7. The summed E-state index contributed by atoms with van der Waals surface area (Å²) in [5.74, 6) is -0.162. The fourth-order valence-electron chi connectivity index (χ4n) is 4.09. The fraction of sp³-hybridized carbons (Fsp3) is 0.111. The van der Waals surface area contributed by atoms with Crippen LogP contribution < -0.4 is 0 Å². The van der Waals surface area contributed by atoms with E-state index in [4.69, 9.17) is 4.52 Å². The quantitative estimate of drug-likeness (QED) is 0.368. The first kappa shape index (κ1) is 20.6. The average Bonchev–Trinajstić information content (AvgIpc) is 3.25. The van der Waals surface area contributed by atoms with Crippen molar-refractivity contribution in [1.29, 1.82) is 0 Å². The highest BCUT2D eigenvalue weighted by Crippen LogP contribution is 2.32. The van der Waals surface area contributed by atoms with Gasteiger partial charge in [0.25, 0.3) is 11.6 Å². The number of amides is 1. The van der Waals surface area contributed by atoms with Gasteiger partial charge in [-0.1, -0.05) is 71.9 Å². The SMILES string of the molecule is Cc1noc2nc(-c3ccccc3)cc(C(=O)N(C)[C@@H](c3ccccc3)c3ccccn3)c12. The predicted molar refractivity (Wildman–Crippen MR) is 127 cm³/mol. The number of benzene rings is 2. The van der Waals surface area contributed by atoms with Crippen molar-refractivity contribution in [2.24, 2.45) is 0 Å². The highest BCUT2D eigenvalue weighted by molar-refractivity contribution is 6.07. The van der Waals surface area contributed by atoms with Crippen molar-refractivity contribution in [2.45, 2.75) is 13.0 Å². The average molecular weight is 434 g/mol. The fourth-order valence-corrected chi connectivity index (χ4v) is 4.09. The Kier molecular flexibility index (Phi) is 5.40. The van der Waals surface area contributed by atoms with Crippen LogP contribution in [0.5, 0.6) is 0 Å². The minimum atomic E-state index is -0.358. The van der Waals surface area contributed by atoms with Gasteiger partial charge in [0.2, 0.25) is 0 Å². The summed E-state index contributed by atoms with van der Waals surface area (Å²) in [7, 11) is 1.80. The molecule has 0 bridgehead atoms. The lowest BCUT2D eigenvalue weighted by Gasteiger charge is -2.28. The molecule has 1 amide bonds. The van der Waals surface area contributed by atoms with Gasteiger partial charge < -0.3 is 9.42 Å². The molecule has 3 heterocycles. The van der Waals surface area contributed by atoms with Crippen molar-refractivity contribution in [3.63, 3.8) is 0 Å². The monoisotopic (exact) mass is 434 g/mol. The molecule has 0 N–H and O–H groups in total. The molecular formula is C27H22N4O2. The van der Waals surface area contributed by atoms with E-state index in [1.165, 1.54) is 0 Å². The summed E-state index contributed by atoms with van der Waals surface area (Å²) in [5.41, 5.74) is 4.79. The van der Waals surface area contributed by atoms with E-state index in [1.807, 2.05) is 91.9 Å². The van der Waals surface area contributed by atoms with E-state index in [2.05, 4.69) is 15.1 Å². The Balaban J connectivity index is 1.65. The van der Waals surface area contributed by atoms with Crippen LogP contribution in [0, 0.1) is 6.92 Å². The molecule has 0 aliphatic rings. The van der Waals surface area contributed by atoms with Crippen LogP contribution in [0.3, 0.4) is 0 Å². The van der Waals surface area contributed by atoms with E-state index in [-0.39, 0.29) is 11.9 Å². The van der Waals surface area contributed by atoms with Gasteiger partial charge in [0, 0.05) is 18.8 Å². The van der Waals surface area contributed by atoms with E-state index in [0.717, 1.165) is 16.8 Å². The number of hydrogen-bond donors (Lipinski definition) is 0. The largest absolute Gasteiger partial charge is 0.335 e. The van der Waals surface area contributed by atoms with Crippen LogP contribution in [0.4, 0.5) is 0 Å². The van der Waals surface area contributed by atoms with Gasteiger partial charge in [-0.2, -0.15) is 0 Å². The van der Waals surface area contributed by atoms with E-state index >= 15 is 0 Å². The summed E-state index contributed by atoms with van der Waals surface area (Å²) >= 11 is 0. The summed E-state index contributed by atoms with van der Waals surface area (Å²) < 4.78 is 5.47. The van der Waals surface area contributed by atoms with Gasteiger partial charge in [-0.3, -0.25) is 9.78 Å². The molecule has 5 aromatic rings. The Morgan fingerprint density at radius 2 is 1.64 bits per heavy atom. The maximum Gasteiger partial charge on any atom is 0.259 e. The van der Waals surface area contributed by atoms with Gasteiger partial charge in [0.05, 0.1) is 34.1 Å². The van der Waals surface area contributed by atoms with Crippen molar-refractivity contribution in [1.82, 2.24) is 20.0 Å². The maximum atomic E-state index is 14.0. The van der Waals surface area contributed by atoms with Crippen molar-refractivity contribution in [3.8, 4) is 11.3 Å². The van der Waals surface area contributed by atoms with Gasteiger partial charge in [0.1, 0.15) is 0 Å². The zero-order valence-corrected chi connectivity index (χ0v) is 18.3. The molecule has 0 unspecified atom stereocenters. The third-order valence-corrected chi connectivity index (χ3v) is 5.71. The van der Waals surface area contributed by atoms with Crippen LogP contribution in [0.2, 0.25) is 0 Å². The second-order valence-corrected chi connectivity index (χ2v) is 7.85. The molecule has 0 spiro atoms. The molecule has 3 aromatic heterocycles. The van der Waals surface area contributed by atoms with Gasteiger partial charge >= 0.3 is 0 Å². The number of fused-ring (bicyclic) bond motifs is 1. The lowest BCUT2D eigenvalue weighted by atomic mass is 9.99. The van der Waals surface area contributed by atoms with E-state index in [9.17, 15) is 4.79 Å². The zero-order chi connectivity index (χ0) is 22.8. The van der Waals surface area contributed by atoms with Gasteiger partial charge in [0.15, 0.2) is 0 Å². The third kappa shape index (κ3) is 3.87. The van der Waals surface area contributed by atoms with Crippen LogP contribution in [0.1, 0.15) is 33.4 Å². The maximum absolute atomic E-state index is 14.0. The molecule has 5 rings (SSSR count). The molecule has 1 atom stereocenters. The highest BCUT2D eigenvalue weighted by atomic mass is 16.5. The van der Waals surface area contributed by atoms with Crippen LogP contribution in [0.15, 0.2) is 95.6 Å². The molecule has 0 saturated carbocycles. The first-order chi connectivity index (χ1) is 16.1. The molecule has 33 heavy (non-hydrogen) atoms. The number of pyridine rings is 2. The third-order valence-electron chi connectivity index (χ3n) is 5.71. The molecule has 0 saturated heterocycles. The van der Waals surface area contributed by atoms with Crippen LogP contribution in [-0.2, 0) is 0 Å². The summed E-state index contributed by atoms with van der Waals surface area (Å²) in [6.07, 6.45) is 1.74. The molecule has 0 aliphatic heterocycles. The predicted octanol–water partition coefficient (Wildman–Crippen LogP) is 5.45. The molecule has 6 nitrogen and oxygen atoms in total. The van der Waals surface area contributed by atoms with Crippen molar-refractivity contribution in [3.05, 3.63) is 114 Å². The van der Waals surface area contributed by atoms with Crippen molar-refractivity contribution in [2.75, 3.05) is 7.05 Å². The lowest BCUT2D eigenvalue weighted by Crippen LogP contribution is -2.32. The minimum absolute atomic E-state index is 0.162. The molecule has 0 fully saturated rings. The summed E-state index contributed by atoms with van der Waals surface area (Å²) in [5, 5.41) is 4.70. The van der Waals surface area contributed by atoms with Gasteiger partial charge in [-0.25, -0.2) is 4.98 Å². The molecular weight excluding hydrogens is 412 g/mol. The molecule has 2 aromatic carbocycles. The standard InChI is InChI=1S/C27H22N4O2/c1-18-24-21(17-23(29-26(24)33-30-18)19-11-5-3-6-12-19)27(32)31(2)25(20-13-7-4-8-14-20)22-15-9-10-16-28-22/h3-17,25H,1-2H3/t25-/m0/s1. The van der Waals surface area contributed by atoms with E-state index in [1.54, 1.807) is 18.1 Å². The minimum Gasteiger partial charge on any atom is -0.335 e. The summed E-state index contributed by atoms with van der Waals surface area (Å²) in [6, 6.07) is 26.8. The van der Waals surface area contributed by atoms with Crippen LogP contribution >= 0.6 is 0 Å². The number of carbonyl (C=O) groups is 1. The topological polar surface area (TPSA) is 72.1 Å². The molecule has 0 aliphatic carbocycles. The highest BCUT2D eigenvalue weighted by Gasteiger charge is 2.28. The molecule has 162 valence electrons. The van der Waals surface area contributed by atoms with Gasteiger partial charge in [-0.15, -0.1) is 0 Å². The molecule has 0 radical (unpaired) electrons. The Bertz CT molecular complexity index is 1360. The number of hydrogen-bond acceptors (Lipinski definition) is 5. The normalized spacial score (nSPS) is 11.9.